The second-order valence-corrected chi connectivity index (χ2v) is 4.58. The smallest absolute Gasteiger partial charge is 0.338 e. The molecular formula is C16H14FNO4. The van der Waals surface area contributed by atoms with Crippen molar-refractivity contribution in [3.63, 3.8) is 0 Å². The van der Waals surface area contributed by atoms with Gasteiger partial charge >= 0.3 is 5.97 Å². The maximum absolute atomic E-state index is 13.5. The summed E-state index contributed by atoms with van der Waals surface area (Å²) in [5.74, 6) is -2.33. The third-order valence-electron chi connectivity index (χ3n) is 3.06. The van der Waals surface area contributed by atoms with Crippen LogP contribution in [0.25, 0.3) is 0 Å². The molecule has 0 spiro atoms. The lowest BCUT2D eigenvalue weighted by Crippen LogP contribution is -2.13. The first-order chi connectivity index (χ1) is 10.5. The largest absolute Gasteiger partial charge is 0.492 e. The molecule has 0 heterocycles. The number of ether oxygens (including phenoxy) is 1. The molecule has 2 rings (SSSR count). The van der Waals surface area contributed by atoms with Gasteiger partial charge in [-0.25, -0.2) is 9.18 Å². The van der Waals surface area contributed by atoms with E-state index in [9.17, 15) is 14.0 Å². The van der Waals surface area contributed by atoms with Crippen LogP contribution in [0.15, 0.2) is 42.5 Å². The molecule has 0 aliphatic carbocycles. The number of carbonyl (C=O) groups excluding carboxylic acids is 1. The number of para-hydroxylation sites is 1. The van der Waals surface area contributed by atoms with Gasteiger partial charge in [0.25, 0.3) is 5.91 Å². The zero-order chi connectivity index (χ0) is 16.1. The number of halogens is 1. The molecule has 6 heteroatoms. The fraction of sp³-hybridized carbons (Fsp3) is 0.125. The zero-order valence-electron chi connectivity index (χ0n) is 11.6. The van der Waals surface area contributed by atoms with E-state index in [2.05, 4.69) is 0 Å². The average Bonchev–Trinajstić information content (AvgIpc) is 2.47. The molecule has 0 atom stereocenters. The molecule has 2 aromatic carbocycles. The SMILES string of the molecule is NC(=O)c1ccccc1OCCc1ccc(C(=O)O)c(F)c1. The second-order valence-electron chi connectivity index (χ2n) is 4.58. The summed E-state index contributed by atoms with van der Waals surface area (Å²) in [6.07, 6.45) is 0.365. The highest BCUT2D eigenvalue weighted by molar-refractivity contribution is 5.95. The Labute approximate surface area is 126 Å². The molecule has 0 saturated carbocycles. The van der Waals surface area contributed by atoms with Gasteiger partial charge in [-0.15, -0.1) is 0 Å². The van der Waals surface area contributed by atoms with Crippen molar-refractivity contribution in [2.24, 2.45) is 5.73 Å². The van der Waals surface area contributed by atoms with Crippen LogP contribution in [0.4, 0.5) is 4.39 Å². The van der Waals surface area contributed by atoms with E-state index in [-0.39, 0.29) is 17.7 Å². The first-order valence-corrected chi connectivity index (χ1v) is 6.52. The number of benzene rings is 2. The minimum atomic E-state index is -1.31. The lowest BCUT2D eigenvalue weighted by Gasteiger charge is -2.09. The molecule has 22 heavy (non-hydrogen) atoms. The van der Waals surface area contributed by atoms with Crippen molar-refractivity contribution in [3.8, 4) is 5.75 Å². The van der Waals surface area contributed by atoms with Crippen LogP contribution in [0.2, 0.25) is 0 Å². The van der Waals surface area contributed by atoms with Gasteiger partial charge in [-0.1, -0.05) is 18.2 Å². The summed E-state index contributed by atoms with van der Waals surface area (Å²) in [7, 11) is 0. The summed E-state index contributed by atoms with van der Waals surface area (Å²) in [5, 5.41) is 8.76. The molecule has 0 bridgehead atoms. The molecule has 0 aromatic heterocycles. The number of nitrogens with two attached hydrogens (primary N) is 1. The minimum absolute atomic E-state index is 0.205. The lowest BCUT2D eigenvalue weighted by molar-refractivity contribution is 0.0691. The predicted octanol–water partition coefficient (Wildman–Crippen LogP) is 2.24. The Hall–Kier alpha value is -2.89. The molecule has 0 aliphatic rings. The van der Waals surface area contributed by atoms with Crippen molar-refractivity contribution in [3.05, 3.63) is 65.0 Å². The van der Waals surface area contributed by atoms with Crippen LogP contribution in [0, 0.1) is 5.82 Å². The lowest BCUT2D eigenvalue weighted by atomic mass is 10.1. The van der Waals surface area contributed by atoms with Crippen LogP contribution >= 0.6 is 0 Å². The fourth-order valence-electron chi connectivity index (χ4n) is 1.96. The summed E-state index contributed by atoms with van der Waals surface area (Å²) < 4.78 is 19.0. The highest BCUT2D eigenvalue weighted by atomic mass is 19.1. The fourth-order valence-corrected chi connectivity index (χ4v) is 1.96. The Morgan fingerprint density at radius 2 is 1.86 bits per heavy atom. The zero-order valence-corrected chi connectivity index (χ0v) is 11.6. The molecule has 3 N–H and O–H groups in total. The number of hydrogen-bond donors (Lipinski definition) is 2. The van der Waals surface area contributed by atoms with Gasteiger partial charge in [0.2, 0.25) is 0 Å². The van der Waals surface area contributed by atoms with Gasteiger partial charge in [-0.2, -0.15) is 0 Å². The van der Waals surface area contributed by atoms with Crippen LogP contribution < -0.4 is 10.5 Å². The molecular weight excluding hydrogens is 289 g/mol. The monoisotopic (exact) mass is 303 g/mol. The molecule has 1 amide bonds. The Morgan fingerprint density at radius 3 is 2.50 bits per heavy atom. The highest BCUT2D eigenvalue weighted by Gasteiger charge is 2.11. The maximum atomic E-state index is 13.5. The van der Waals surface area contributed by atoms with Gasteiger partial charge in [-0.3, -0.25) is 4.79 Å². The number of hydrogen-bond acceptors (Lipinski definition) is 3. The van der Waals surface area contributed by atoms with Gasteiger partial charge in [0.1, 0.15) is 11.6 Å². The van der Waals surface area contributed by atoms with E-state index in [4.69, 9.17) is 15.6 Å². The average molecular weight is 303 g/mol. The van der Waals surface area contributed by atoms with Crippen LogP contribution in [0.5, 0.6) is 5.75 Å². The molecule has 2 aromatic rings. The van der Waals surface area contributed by atoms with Crippen LogP contribution in [-0.4, -0.2) is 23.6 Å². The number of carboxylic acids is 1. The number of amides is 1. The summed E-state index contributed by atoms with van der Waals surface area (Å²) >= 11 is 0. The second kappa shape index (κ2) is 6.71. The number of aromatic carboxylic acids is 1. The van der Waals surface area contributed by atoms with E-state index in [1.165, 1.54) is 12.1 Å². The third kappa shape index (κ3) is 3.60. The predicted molar refractivity (Wildman–Crippen MR) is 77.5 cm³/mol. The Morgan fingerprint density at radius 1 is 1.14 bits per heavy atom. The van der Waals surface area contributed by atoms with Crippen molar-refractivity contribution in [1.82, 2.24) is 0 Å². The van der Waals surface area contributed by atoms with E-state index in [0.717, 1.165) is 6.07 Å². The first kappa shape index (κ1) is 15.5. The standard InChI is InChI=1S/C16H14FNO4/c17-13-9-10(5-6-11(13)16(20)21)7-8-22-14-4-2-1-3-12(14)15(18)19/h1-6,9H,7-8H2,(H2,18,19)(H,20,21). The van der Waals surface area contributed by atoms with Gasteiger partial charge in [0.05, 0.1) is 17.7 Å². The molecule has 0 radical (unpaired) electrons. The summed E-state index contributed by atoms with van der Waals surface area (Å²) in [5.41, 5.74) is 5.74. The highest BCUT2D eigenvalue weighted by Crippen LogP contribution is 2.18. The van der Waals surface area contributed by atoms with Gasteiger partial charge in [0.15, 0.2) is 0 Å². The molecule has 0 unspecified atom stereocenters. The summed E-state index contributed by atoms with van der Waals surface area (Å²) in [6, 6.07) is 10.5. The van der Waals surface area contributed by atoms with E-state index in [1.807, 2.05) is 0 Å². The van der Waals surface area contributed by atoms with Crippen molar-refractivity contribution >= 4 is 11.9 Å². The maximum Gasteiger partial charge on any atom is 0.338 e. The quantitative estimate of drug-likeness (QED) is 0.856. The van der Waals surface area contributed by atoms with Crippen molar-refractivity contribution in [2.45, 2.75) is 6.42 Å². The minimum Gasteiger partial charge on any atom is -0.492 e. The number of carboxylic acid groups (broad SMARTS) is 1. The number of rotatable bonds is 6. The molecule has 0 saturated heterocycles. The Kier molecular flexibility index (Phi) is 4.73. The van der Waals surface area contributed by atoms with Gasteiger partial charge in [-0.05, 0) is 29.8 Å². The molecule has 0 fully saturated rings. The Bertz CT molecular complexity index is 715. The van der Waals surface area contributed by atoms with Crippen molar-refractivity contribution < 1.29 is 23.8 Å². The van der Waals surface area contributed by atoms with Crippen molar-refractivity contribution in [2.75, 3.05) is 6.61 Å². The molecule has 0 aliphatic heterocycles. The molecule has 5 nitrogen and oxygen atoms in total. The topological polar surface area (TPSA) is 89.6 Å². The van der Waals surface area contributed by atoms with E-state index >= 15 is 0 Å². The first-order valence-electron chi connectivity index (χ1n) is 6.52. The van der Waals surface area contributed by atoms with Gasteiger partial charge in [0, 0.05) is 6.42 Å². The van der Waals surface area contributed by atoms with Crippen LogP contribution in [0.3, 0.4) is 0 Å². The van der Waals surface area contributed by atoms with E-state index in [0.29, 0.717) is 17.7 Å². The number of primary amides is 1. The van der Waals surface area contributed by atoms with E-state index < -0.39 is 17.7 Å². The summed E-state index contributed by atoms with van der Waals surface area (Å²) in [4.78, 5) is 22.0. The summed E-state index contributed by atoms with van der Waals surface area (Å²) in [6.45, 7) is 0.205. The Balaban J connectivity index is 2.01. The van der Waals surface area contributed by atoms with E-state index in [1.54, 1.807) is 24.3 Å². The third-order valence-corrected chi connectivity index (χ3v) is 3.06. The van der Waals surface area contributed by atoms with Crippen molar-refractivity contribution in [1.29, 1.82) is 0 Å². The van der Waals surface area contributed by atoms with Crippen LogP contribution in [0.1, 0.15) is 26.3 Å². The number of carbonyl (C=O) groups is 2. The van der Waals surface area contributed by atoms with Crippen LogP contribution in [-0.2, 0) is 6.42 Å². The normalized spacial score (nSPS) is 10.2. The molecule has 114 valence electrons. The van der Waals surface area contributed by atoms with Gasteiger partial charge < -0.3 is 15.6 Å².